The molecule has 0 bridgehead atoms. The molecule has 1 aliphatic heterocycles. The van der Waals surface area contributed by atoms with Crippen LogP contribution in [0.5, 0.6) is 0 Å². The van der Waals surface area contributed by atoms with E-state index in [1.807, 2.05) is 4.90 Å². The Morgan fingerprint density at radius 2 is 2.18 bits per heavy atom. The van der Waals surface area contributed by atoms with Crippen molar-refractivity contribution in [3.63, 3.8) is 0 Å². The van der Waals surface area contributed by atoms with Crippen LogP contribution in [0.15, 0.2) is 11.4 Å². The molecule has 0 aliphatic carbocycles. The number of amides is 2. The normalized spacial score (nSPS) is 18.2. The number of thiophene rings is 1. The van der Waals surface area contributed by atoms with Crippen molar-refractivity contribution in [3.8, 4) is 0 Å². The highest BCUT2D eigenvalue weighted by molar-refractivity contribution is 7.15. The summed E-state index contributed by atoms with van der Waals surface area (Å²) < 4.78 is 0. The van der Waals surface area contributed by atoms with Gasteiger partial charge in [0.25, 0.3) is 0 Å². The fourth-order valence-electron chi connectivity index (χ4n) is 2.53. The minimum atomic E-state index is -0.0963. The average molecular weight is 336 g/mol. The number of nitrogens with zero attached hydrogens (tertiary/aromatic N) is 3. The smallest absolute Gasteiger partial charge is 0.317 e. The van der Waals surface area contributed by atoms with Gasteiger partial charge in [-0.3, -0.25) is 5.32 Å². The van der Waals surface area contributed by atoms with E-state index in [2.05, 4.69) is 54.7 Å². The van der Waals surface area contributed by atoms with Gasteiger partial charge in [-0.2, -0.15) is 0 Å². The molecule has 5 nitrogen and oxygen atoms in total. The molecule has 0 spiro atoms. The summed E-state index contributed by atoms with van der Waals surface area (Å²) in [5, 5.41) is 14.7. The zero-order valence-corrected chi connectivity index (χ0v) is 14.8. The van der Waals surface area contributed by atoms with Crippen LogP contribution < -0.4 is 5.32 Å². The van der Waals surface area contributed by atoms with E-state index >= 15 is 0 Å². The molecule has 118 valence electrons. The quantitative estimate of drug-likeness (QED) is 0.855. The molecule has 0 radical (unpaired) electrons. The van der Waals surface area contributed by atoms with E-state index in [1.165, 1.54) is 21.8 Å². The second-order valence-corrected chi connectivity index (χ2v) is 8.49. The summed E-state index contributed by atoms with van der Waals surface area (Å²) in [4.78, 5) is 15.8. The van der Waals surface area contributed by atoms with Gasteiger partial charge in [0.1, 0.15) is 5.01 Å². The second-order valence-electron chi connectivity index (χ2n) is 6.51. The number of fused-ring (bicyclic) bond motifs is 1. The number of hydrogen-bond donors (Lipinski definition) is 1. The highest BCUT2D eigenvalue weighted by Gasteiger charge is 2.29. The molecule has 22 heavy (non-hydrogen) atoms. The Morgan fingerprint density at radius 3 is 2.86 bits per heavy atom. The van der Waals surface area contributed by atoms with Crippen molar-refractivity contribution in [2.24, 2.45) is 0 Å². The fraction of sp³-hybridized carbons (Fsp3) is 0.533. The number of aromatic nitrogens is 2. The summed E-state index contributed by atoms with van der Waals surface area (Å²) in [6.07, 6.45) is 0.925. The second kappa shape index (κ2) is 5.62. The minimum Gasteiger partial charge on any atom is -0.317 e. The number of carbonyl (C=O) groups excluding carboxylic acids is 1. The lowest BCUT2D eigenvalue weighted by Crippen LogP contribution is -2.40. The Labute approximate surface area is 138 Å². The summed E-state index contributed by atoms with van der Waals surface area (Å²) in [6.45, 7) is 9.08. The molecule has 3 heterocycles. The molecule has 1 atom stereocenters. The lowest BCUT2D eigenvalue weighted by Gasteiger charge is -2.33. The number of nitrogens with one attached hydrogen (secondary N) is 1. The summed E-state index contributed by atoms with van der Waals surface area (Å²) in [5.41, 5.74) is 1.21. The first-order chi connectivity index (χ1) is 10.4. The standard InChI is InChI=1S/C15H20N4OS2/c1-9-10-6-8-21-11(10)5-7-19(9)14(20)16-13-18-17-12(22-13)15(2,3)4/h6,8-9H,5,7H2,1-4H3,(H,16,18,20). The third-order valence-electron chi connectivity index (χ3n) is 3.82. The summed E-state index contributed by atoms with van der Waals surface area (Å²) in [5.74, 6) is 0. The molecule has 0 fully saturated rings. The molecule has 1 unspecified atom stereocenters. The maximum absolute atomic E-state index is 12.5. The molecule has 2 aromatic heterocycles. The number of rotatable bonds is 1. The van der Waals surface area contributed by atoms with Crippen molar-refractivity contribution >= 4 is 33.8 Å². The first-order valence-electron chi connectivity index (χ1n) is 7.34. The highest BCUT2D eigenvalue weighted by Crippen LogP contribution is 2.33. The molecule has 1 N–H and O–H groups in total. The van der Waals surface area contributed by atoms with E-state index in [-0.39, 0.29) is 17.5 Å². The van der Waals surface area contributed by atoms with Crippen LogP contribution in [0.2, 0.25) is 0 Å². The molecule has 0 saturated carbocycles. The van der Waals surface area contributed by atoms with Gasteiger partial charge in [-0.25, -0.2) is 4.79 Å². The number of carbonyl (C=O) groups is 1. The Hall–Kier alpha value is -1.47. The molecular formula is C15H20N4OS2. The molecule has 0 aromatic carbocycles. The van der Waals surface area contributed by atoms with Gasteiger partial charge < -0.3 is 4.90 Å². The zero-order chi connectivity index (χ0) is 15.9. The SMILES string of the molecule is CC1c2ccsc2CCN1C(=O)Nc1nnc(C(C)(C)C)s1. The van der Waals surface area contributed by atoms with Gasteiger partial charge >= 0.3 is 6.03 Å². The van der Waals surface area contributed by atoms with Crippen molar-refractivity contribution in [3.05, 3.63) is 26.9 Å². The maximum Gasteiger partial charge on any atom is 0.324 e. The molecule has 2 amide bonds. The largest absolute Gasteiger partial charge is 0.324 e. The van der Waals surface area contributed by atoms with Crippen molar-refractivity contribution in [2.75, 3.05) is 11.9 Å². The van der Waals surface area contributed by atoms with Crippen molar-refractivity contribution in [2.45, 2.75) is 45.6 Å². The van der Waals surface area contributed by atoms with Gasteiger partial charge in [-0.15, -0.1) is 21.5 Å². The van der Waals surface area contributed by atoms with Crippen LogP contribution >= 0.6 is 22.7 Å². The van der Waals surface area contributed by atoms with Crippen LogP contribution in [-0.4, -0.2) is 27.7 Å². The van der Waals surface area contributed by atoms with Gasteiger partial charge in [0.15, 0.2) is 0 Å². The lowest BCUT2D eigenvalue weighted by atomic mass is 9.98. The Bertz CT molecular complexity index is 686. The molecule has 7 heteroatoms. The van der Waals surface area contributed by atoms with E-state index in [4.69, 9.17) is 0 Å². The Kier molecular flexibility index (Phi) is 3.94. The molecule has 0 saturated heterocycles. The lowest BCUT2D eigenvalue weighted by molar-refractivity contribution is 0.189. The Balaban J connectivity index is 1.72. The summed E-state index contributed by atoms with van der Waals surface area (Å²) in [7, 11) is 0. The van der Waals surface area contributed by atoms with Crippen molar-refractivity contribution in [1.82, 2.24) is 15.1 Å². The van der Waals surface area contributed by atoms with Gasteiger partial charge in [0, 0.05) is 16.8 Å². The number of hydrogen-bond acceptors (Lipinski definition) is 5. The van der Waals surface area contributed by atoms with Crippen LogP contribution in [0.25, 0.3) is 0 Å². The first-order valence-corrected chi connectivity index (χ1v) is 9.04. The van der Waals surface area contributed by atoms with Crippen LogP contribution in [0.1, 0.15) is 49.2 Å². The van der Waals surface area contributed by atoms with E-state index in [9.17, 15) is 4.79 Å². The third kappa shape index (κ3) is 2.87. The number of anilines is 1. The summed E-state index contributed by atoms with van der Waals surface area (Å²) in [6, 6.07) is 2.12. The zero-order valence-electron chi connectivity index (χ0n) is 13.2. The fourth-order valence-corrected chi connectivity index (χ4v) is 4.28. The monoisotopic (exact) mass is 336 g/mol. The average Bonchev–Trinajstić information content (AvgIpc) is 3.06. The Morgan fingerprint density at radius 1 is 1.41 bits per heavy atom. The van der Waals surface area contributed by atoms with Gasteiger partial charge in [-0.1, -0.05) is 32.1 Å². The van der Waals surface area contributed by atoms with Gasteiger partial charge in [-0.05, 0) is 30.4 Å². The first kappa shape index (κ1) is 15.4. The topological polar surface area (TPSA) is 58.1 Å². The maximum atomic E-state index is 12.5. The molecule has 3 rings (SSSR count). The third-order valence-corrected chi connectivity index (χ3v) is 6.08. The van der Waals surface area contributed by atoms with Crippen LogP contribution in [0, 0.1) is 0 Å². The van der Waals surface area contributed by atoms with Crippen LogP contribution in [0.4, 0.5) is 9.93 Å². The highest BCUT2D eigenvalue weighted by atomic mass is 32.1. The molecule has 2 aromatic rings. The minimum absolute atomic E-state index is 0.0510. The van der Waals surface area contributed by atoms with Crippen LogP contribution in [0.3, 0.4) is 0 Å². The van der Waals surface area contributed by atoms with E-state index in [0.717, 1.165) is 18.0 Å². The molecule has 1 aliphatic rings. The van der Waals surface area contributed by atoms with Crippen molar-refractivity contribution in [1.29, 1.82) is 0 Å². The van der Waals surface area contributed by atoms with Gasteiger partial charge in [0.2, 0.25) is 5.13 Å². The van der Waals surface area contributed by atoms with Gasteiger partial charge in [0.05, 0.1) is 6.04 Å². The number of urea groups is 1. The van der Waals surface area contributed by atoms with Crippen molar-refractivity contribution < 1.29 is 4.79 Å². The van der Waals surface area contributed by atoms with E-state index < -0.39 is 0 Å². The predicted octanol–water partition coefficient (Wildman–Crippen LogP) is 4.05. The predicted molar refractivity (Wildman–Crippen MR) is 90.8 cm³/mol. The van der Waals surface area contributed by atoms with E-state index in [0.29, 0.717) is 5.13 Å². The van der Waals surface area contributed by atoms with E-state index in [1.54, 1.807) is 11.3 Å². The molecular weight excluding hydrogens is 316 g/mol. The van der Waals surface area contributed by atoms with Crippen LogP contribution in [-0.2, 0) is 11.8 Å². The summed E-state index contributed by atoms with van der Waals surface area (Å²) >= 11 is 3.22.